The van der Waals surface area contributed by atoms with Gasteiger partial charge in [0, 0.05) is 6.04 Å². The lowest BCUT2D eigenvalue weighted by atomic mass is 9.86. The van der Waals surface area contributed by atoms with Crippen molar-refractivity contribution in [3.05, 3.63) is 35.4 Å². The third kappa shape index (κ3) is 4.16. The van der Waals surface area contributed by atoms with Crippen LogP contribution in [0, 0.1) is 11.3 Å². The molecule has 0 aliphatic carbocycles. The molecule has 0 radical (unpaired) electrons. The first kappa shape index (κ1) is 16.9. The van der Waals surface area contributed by atoms with Crippen LogP contribution >= 0.6 is 0 Å². The second kappa shape index (κ2) is 6.07. The highest BCUT2D eigenvalue weighted by atomic mass is 32.2. The van der Waals surface area contributed by atoms with Gasteiger partial charge in [0.25, 0.3) is 0 Å². The third-order valence-corrected chi connectivity index (χ3v) is 4.93. The van der Waals surface area contributed by atoms with Gasteiger partial charge < -0.3 is 0 Å². The molecule has 110 valence electrons. The van der Waals surface area contributed by atoms with Crippen LogP contribution in [0.1, 0.15) is 58.7 Å². The Bertz CT molecular complexity index is 521. The first-order valence-corrected chi connectivity index (χ1v) is 7.92. The Kier molecular flexibility index (Phi) is 5.12. The molecule has 1 N–H and O–H groups in total. The van der Waals surface area contributed by atoms with E-state index in [9.17, 15) is 4.21 Å². The molecule has 0 aromatic heterocycles. The third-order valence-electron chi connectivity index (χ3n) is 3.25. The lowest BCUT2D eigenvalue weighted by molar-refractivity contribution is 0.615. The predicted octanol–water partition coefficient (Wildman–Crippen LogP) is 3.60. The van der Waals surface area contributed by atoms with E-state index in [4.69, 9.17) is 5.26 Å². The Morgan fingerprint density at radius 1 is 1.15 bits per heavy atom. The van der Waals surface area contributed by atoms with Crippen LogP contribution in [0.3, 0.4) is 0 Å². The normalized spacial score (nSPS) is 15.4. The maximum Gasteiger partial charge on any atom is 0.0975 e. The Balaban J connectivity index is 2.85. The zero-order valence-corrected chi connectivity index (χ0v) is 14.0. The van der Waals surface area contributed by atoms with Gasteiger partial charge in [-0.2, -0.15) is 5.26 Å². The summed E-state index contributed by atoms with van der Waals surface area (Å²) in [7, 11) is -1.09. The maximum absolute atomic E-state index is 12.1. The lowest BCUT2D eigenvalue weighted by Crippen LogP contribution is -2.34. The van der Waals surface area contributed by atoms with Crippen molar-refractivity contribution in [2.45, 2.75) is 57.7 Å². The maximum atomic E-state index is 12.1. The molecule has 1 aromatic rings. The van der Waals surface area contributed by atoms with Crippen LogP contribution in [0.4, 0.5) is 0 Å². The molecular weight excluding hydrogens is 268 g/mol. The van der Waals surface area contributed by atoms with Crippen molar-refractivity contribution in [3.63, 3.8) is 0 Å². The number of hydrogen-bond donors (Lipinski definition) is 1. The molecule has 0 aliphatic heterocycles. The van der Waals surface area contributed by atoms with E-state index in [-0.39, 0.29) is 10.8 Å². The summed E-state index contributed by atoms with van der Waals surface area (Å²) in [4.78, 5) is 0. The standard InChI is InChI=1S/C16H24N2OS/c1-12(18-20(19)15(2,3)4)13-7-9-14(10-8-13)16(5,6)11-17/h7-10,12,18H,1-6H3. The van der Waals surface area contributed by atoms with Crippen molar-refractivity contribution in [2.75, 3.05) is 0 Å². The molecule has 0 aliphatic rings. The molecule has 3 nitrogen and oxygen atoms in total. The van der Waals surface area contributed by atoms with E-state index in [1.165, 1.54) is 0 Å². The topological polar surface area (TPSA) is 52.9 Å². The summed E-state index contributed by atoms with van der Waals surface area (Å²) >= 11 is 0. The Morgan fingerprint density at radius 2 is 1.65 bits per heavy atom. The minimum Gasteiger partial charge on any atom is -0.242 e. The number of benzene rings is 1. The monoisotopic (exact) mass is 292 g/mol. The Labute approximate surface area is 125 Å². The molecule has 0 amide bonds. The van der Waals surface area contributed by atoms with Crippen molar-refractivity contribution in [2.24, 2.45) is 0 Å². The van der Waals surface area contributed by atoms with Gasteiger partial charge in [-0.15, -0.1) is 0 Å². The summed E-state index contributed by atoms with van der Waals surface area (Å²) in [5.74, 6) is 0. The van der Waals surface area contributed by atoms with Gasteiger partial charge >= 0.3 is 0 Å². The summed E-state index contributed by atoms with van der Waals surface area (Å²) in [5.41, 5.74) is 1.58. The highest BCUT2D eigenvalue weighted by molar-refractivity contribution is 7.84. The molecule has 2 unspecified atom stereocenters. The van der Waals surface area contributed by atoms with Gasteiger partial charge in [0.05, 0.1) is 27.2 Å². The molecule has 0 bridgehead atoms. The SMILES string of the molecule is CC(NS(=O)C(C)(C)C)c1ccc(C(C)(C)C#N)cc1. The Morgan fingerprint density at radius 3 is 2.05 bits per heavy atom. The van der Waals surface area contributed by atoms with Crippen molar-refractivity contribution in [1.82, 2.24) is 4.72 Å². The number of hydrogen-bond acceptors (Lipinski definition) is 2. The molecule has 4 heteroatoms. The fourth-order valence-corrected chi connectivity index (χ4v) is 2.47. The molecule has 0 saturated carbocycles. The van der Waals surface area contributed by atoms with Gasteiger partial charge in [-0.25, -0.2) is 8.93 Å². The summed E-state index contributed by atoms with van der Waals surface area (Å²) in [6, 6.07) is 10.2. The summed E-state index contributed by atoms with van der Waals surface area (Å²) in [5, 5.41) is 9.13. The first-order chi connectivity index (χ1) is 9.08. The van der Waals surface area contributed by atoms with Gasteiger partial charge in [0.2, 0.25) is 0 Å². The van der Waals surface area contributed by atoms with Gasteiger partial charge in [-0.3, -0.25) is 0 Å². The zero-order chi connectivity index (χ0) is 15.6. The fraction of sp³-hybridized carbons (Fsp3) is 0.562. The zero-order valence-electron chi connectivity index (χ0n) is 13.2. The smallest absolute Gasteiger partial charge is 0.0975 e. The number of nitriles is 1. The molecule has 20 heavy (non-hydrogen) atoms. The largest absolute Gasteiger partial charge is 0.242 e. The molecular formula is C16H24N2OS. The summed E-state index contributed by atoms with van der Waals surface area (Å²) in [6.45, 7) is 11.6. The van der Waals surface area contributed by atoms with E-state index in [0.29, 0.717) is 0 Å². The quantitative estimate of drug-likeness (QED) is 0.922. The van der Waals surface area contributed by atoms with Gasteiger partial charge in [-0.1, -0.05) is 24.3 Å². The van der Waals surface area contributed by atoms with Crippen LogP contribution in [0.2, 0.25) is 0 Å². The molecule has 0 heterocycles. The van der Waals surface area contributed by atoms with E-state index in [0.717, 1.165) is 11.1 Å². The van der Waals surface area contributed by atoms with E-state index in [1.807, 2.05) is 65.8 Å². The molecule has 0 fully saturated rings. The second-order valence-corrected chi connectivity index (χ2v) is 8.58. The number of rotatable bonds is 4. The fourth-order valence-electron chi connectivity index (χ4n) is 1.66. The molecule has 0 spiro atoms. The minimum absolute atomic E-state index is 0.00862. The van der Waals surface area contributed by atoms with Gasteiger partial charge in [0.1, 0.15) is 0 Å². The molecule has 1 rings (SSSR count). The van der Waals surface area contributed by atoms with Crippen LogP contribution in [0.15, 0.2) is 24.3 Å². The second-order valence-electron chi connectivity index (χ2n) is 6.58. The van der Waals surface area contributed by atoms with E-state index < -0.39 is 16.4 Å². The highest BCUT2D eigenvalue weighted by Crippen LogP contribution is 2.24. The van der Waals surface area contributed by atoms with Crippen molar-refractivity contribution in [1.29, 1.82) is 5.26 Å². The number of nitrogens with one attached hydrogen (secondary N) is 1. The van der Waals surface area contributed by atoms with Crippen molar-refractivity contribution in [3.8, 4) is 6.07 Å². The van der Waals surface area contributed by atoms with E-state index in [2.05, 4.69) is 10.8 Å². The van der Waals surface area contributed by atoms with E-state index >= 15 is 0 Å². The van der Waals surface area contributed by atoms with Crippen LogP contribution in [-0.2, 0) is 16.4 Å². The molecule has 1 aromatic carbocycles. The average Bonchev–Trinajstić information content (AvgIpc) is 2.37. The Hall–Kier alpha value is -1.18. The predicted molar refractivity (Wildman–Crippen MR) is 84.5 cm³/mol. The minimum atomic E-state index is -1.09. The van der Waals surface area contributed by atoms with Crippen LogP contribution in [0.25, 0.3) is 0 Å². The first-order valence-electron chi connectivity index (χ1n) is 6.77. The van der Waals surface area contributed by atoms with Crippen molar-refractivity contribution < 1.29 is 4.21 Å². The molecule has 2 atom stereocenters. The van der Waals surface area contributed by atoms with Crippen LogP contribution < -0.4 is 4.72 Å². The van der Waals surface area contributed by atoms with Gasteiger partial charge in [-0.05, 0) is 52.7 Å². The van der Waals surface area contributed by atoms with Crippen molar-refractivity contribution >= 4 is 11.0 Å². The van der Waals surface area contributed by atoms with Crippen LogP contribution in [-0.4, -0.2) is 8.96 Å². The van der Waals surface area contributed by atoms with Crippen LogP contribution in [0.5, 0.6) is 0 Å². The van der Waals surface area contributed by atoms with E-state index in [1.54, 1.807) is 0 Å². The average molecular weight is 292 g/mol. The molecule has 0 saturated heterocycles. The summed E-state index contributed by atoms with van der Waals surface area (Å²) < 4.78 is 14.9. The highest BCUT2D eigenvalue weighted by Gasteiger charge is 2.23. The lowest BCUT2D eigenvalue weighted by Gasteiger charge is -2.23. The summed E-state index contributed by atoms with van der Waals surface area (Å²) in [6.07, 6.45) is 0. The number of nitrogens with zero attached hydrogens (tertiary/aromatic N) is 1. The van der Waals surface area contributed by atoms with Gasteiger partial charge in [0.15, 0.2) is 0 Å².